The molecule has 2 aromatic heterocycles. The Bertz CT molecular complexity index is 909. The molecule has 25 heavy (non-hydrogen) atoms. The van der Waals surface area contributed by atoms with Crippen LogP contribution in [0.3, 0.4) is 0 Å². The second kappa shape index (κ2) is 6.37. The van der Waals surface area contributed by atoms with Crippen LogP contribution >= 0.6 is 0 Å². The van der Waals surface area contributed by atoms with Crippen molar-refractivity contribution >= 4 is 16.7 Å². The molecule has 2 N–H and O–H groups in total. The molecule has 6 heteroatoms. The third kappa shape index (κ3) is 3.05. The van der Waals surface area contributed by atoms with Crippen LogP contribution in [0.2, 0.25) is 0 Å². The molecule has 0 spiro atoms. The van der Waals surface area contributed by atoms with E-state index < -0.39 is 5.95 Å². The molecular weight excluding hydrogens is 320 g/mol. The van der Waals surface area contributed by atoms with Gasteiger partial charge in [0.2, 0.25) is 5.95 Å². The molecule has 4 rings (SSSR count). The fourth-order valence-electron chi connectivity index (χ4n) is 3.41. The molecule has 5 nitrogen and oxygen atoms in total. The molecule has 0 aliphatic carbocycles. The lowest BCUT2D eigenvalue weighted by molar-refractivity contribution is 0.0891. The molecule has 0 amide bonds. The largest absolute Gasteiger partial charge is 0.508 e. The molecule has 130 valence electrons. The van der Waals surface area contributed by atoms with E-state index in [-0.39, 0.29) is 11.9 Å². The molecule has 1 fully saturated rings. The van der Waals surface area contributed by atoms with E-state index in [0.29, 0.717) is 17.1 Å². The number of aromatic nitrogens is 2. The average Bonchev–Trinajstić information content (AvgIpc) is 3.04. The van der Waals surface area contributed by atoms with Crippen LogP contribution in [-0.4, -0.2) is 41.4 Å². The van der Waals surface area contributed by atoms with Crippen molar-refractivity contribution < 1.29 is 14.2 Å². The van der Waals surface area contributed by atoms with Crippen LogP contribution < -0.4 is 4.90 Å². The number of nitrogens with zero attached hydrogens (tertiary/aromatic N) is 2. The number of rotatable bonds is 3. The first-order chi connectivity index (χ1) is 12.1. The Morgan fingerprint density at radius 3 is 2.96 bits per heavy atom. The van der Waals surface area contributed by atoms with Gasteiger partial charge in [-0.2, -0.15) is 4.39 Å². The molecule has 1 aliphatic rings. The van der Waals surface area contributed by atoms with Gasteiger partial charge in [-0.15, -0.1) is 0 Å². The minimum atomic E-state index is -0.507. The number of ether oxygens (including phenoxy) is 1. The summed E-state index contributed by atoms with van der Waals surface area (Å²) >= 11 is 0. The average molecular weight is 340 g/mol. The minimum Gasteiger partial charge on any atom is -0.508 e. The maximum atomic E-state index is 14.6. The van der Waals surface area contributed by atoms with Crippen molar-refractivity contribution in [3.8, 4) is 17.0 Å². The summed E-state index contributed by atoms with van der Waals surface area (Å²) in [5.74, 6) is 0.314. The normalized spacial score (nSPS) is 18.0. The Labute approximate surface area is 145 Å². The van der Waals surface area contributed by atoms with Gasteiger partial charge in [0.1, 0.15) is 11.6 Å². The van der Waals surface area contributed by atoms with Crippen molar-refractivity contribution in [1.82, 2.24) is 9.97 Å². The first-order valence-electron chi connectivity index (χ1n) is 8.40. The third-order valence-electron chi connectivity index (χ3n) is 4.76. The smallest absolute Gasteiger partial charge is 0.224 e. The number of phenolic OH excluding ortho intramolecular Hbond substituents is 1. The first kappa shape index (κ1) is 15.9. The summed E-state index contributed by atoms with van der Waals surface area (Å²) in [5, 5.41) is 10.4. The number of piperidine rings is 1. The number of halogens is 1. The highest BCUT2D eigenvalue weighted by Gasteiger charge is 2.21. The molecule has 1 saturated heterocycles. The predicted octanol–water partition coefficient (Wildman–Crippen LogP) is 3.69. The summed E-state index contributed by atoms with van der Waals surface area (Å²) in [6.07, 6.45) is 2.20. The molecule has 0 saturated carbocycles. The Morgan fingerprint density at radius 2 is 2.16 bits per heavy atom. The van der Waals surface area contributed by atoms with Gasteiger partial charge in [-0.05, 0) is 49.2 Å². The van der Waals surface area contributed by atoms with Crippen LogP contribution in [0.4, 0.5) is 10.2 Å². The molecule has 1 atom stereocenters. The second-order valence-corrected chi connectivity index (χ2v) is 6.41. The standard InChI is InChI=1S/C19H20FN3O2/c1-25-14-3-2-8-23(11-14)18-7-5-15(19(20)22-18)17-10-12-9-13(24)4-6-16(12)21-17/h4-7,9-10,14,21,24H,2-3,8,11H2,1H3/i20-1. The van der Waals surface area contributed by atoms with E-state index in [9.17, 15) is 9.50 Å². The number of aromatic amines is 1. The van der Waals surface area contributed by atoms with Crippen LogP contribution in [0, 0.1) is 5.95 Å². The number of pyridine rings is 1. The highest BCUT2D eigenvalue weighted by Crippen LogP contribution is 2.29. The number of hydrogen-bond donors (Lipinski definition) is 2. The zero-order valence-electron chi connectivity index (χ0n) is 14.0. The van der Waals surface area contributed by atoms with E-state index in [1.54, 1.807) is 31.4 Å². The number of nitrogens with one attached hydrogen (secondary N) is 1. The minimum absolute atomic E-state index is 0.166. The molecular formula is C19H20FN3O2. The van der Waals surface area contributed by atoms with Gasteiger partial charge in [0.15, 0.2) is 0 Å². The summed E-state index contributed by atoms with van der Waals surface area (Å²) in [6.45, 7) is 1.59. The molecule has 3 aromatic rings. The summed E-state index contributed by atoms with van der Waals surface area (Å²) in [7, 11) is 1.71. The van der Waals surface area contributed by atoms with Crippen molar-refractivity contribution in [2.75, 3.05) is 25.1 Å². The van der Waals surface area contributed by atoms with Crippen LogP contribution in [0.25, 0.3) is 22.2 Å². The molecule has 1 unspecified atom stereocenters. The second-order valence-electron chi connectivity index (χ2n) is 6.41. The number of aromatic hydroxyl groups is 1. The Kier molecular flexibility index (Phi) is 4.05. The van der Waals surface area contributed by atoms with Gasteiger partial charge in [-0.1, -0.05) is 0 Å². The summed E-state index contributed by atoms with van der Waals surface area (Å²) in [6, 6.07) is 10.4. The van der Waals surface area contributed by atoms with Crippen LogP contribution in [0.15, 0.2) is 36.4 Å². The number of anilines is 1. The monoisotopic (exact) mass is 340 g/mol. The zero-order chi connectivity index (χ0) is 17.4. The Morgan fingerprint density at radius 1 is 1.28 bits per heavy atom. The van der Waals surface area contributed by atoms with Gasteiger partial charge in [0.25, 0.3) is 0 Å². The van der Waals surface area contributed by atoms with Crippen molar-refractivity contribution in [2.24, 2.45) is 0 Å². The first-order valence-corrected chi connectivity index (χ1v) is 8.40. The van der Waals surface area contributed by atoms with Gasteiger partial charge < -0.3 is 19.7 Å². The van der Waals surface area contributed by atoms with Crippen LogP contribution in [0.5, 0.6) is 5.75 Å². The lowest BCUT2D eigenvalue weighted by Crippen LogP contribution is -2.39. The number of phenols is 1. The van der Waals surface area contributed by atoms with Crippen LogP contribution in [0.1, 0.15) is 12.8 Å². The highest BCUT2D eigenvalue weighted by atomic mass is 18.2. The SMILES string of the molecule is COC1CCCN(c2ccc(-c3cc4cc(O)ccc4[nH]3)c([18F])n2)C1. The molecule has 3 heterocycles. The van der Waals surface area contributed by atoms with Gasteiger partial charge >= 0.3 is 0 Å². The summed E-state index contributed by atoms with van der Waals surface area (Å²) < 4.78 is 20.1. The van der Waals surface area contributed by atoms with Crippen molar-refractivity contribution in [1.29, 1.82) is 0 Å². The number of methoxy groups -OCH3 is 1. The van der Waals surface area contributed by atoms with E-state index in [1.165, 1.54) is 0 Å². The summed E-state index contributed by atoms with van der Waals surface area (Å²) in [5.41, 5.74) is 1.90. The maximum Gasteiger partial charge on any atom is 0.224 e. The number of fused-ring (bicyclic) bond motifs is 1. The van der Waals surface area contributed by atoms with E-state index in [0.717, 1.165) is 36.8 Å². The molecule has 1 aromatic carbocycles. The highest BCUT2D eigenvalue weighted by molar-refractivity contribution is 5.87. The quantitative estimate of drug-likeness (QED) is 0.714. The fourth-order valence-corrected chi connectivity index (χ4v) is 3.41. The Hall–Kier alpha value is -2.60. The van der Waals surface area contributed by atoms with Gasteiger partial charge in [-0.3, -0.25) is 0 Å². The molecule has 1 aliphatic heterocycles. The maximum absolute atomic E-state index is 14.6. The fraction of sp³-hybridized carbons (Fsp3) is 0.316. The van der Waals surface area contributed by atoms with Crippen LogP contribution in [-0.2, 0) is 4.74 Å². The van der Waals surface area contributed by atoms with E-state index in [2.05, 4.69) is 14.9 Å². The lowest BCUT2D eigenvalue weighted by Gasteiger charge is -2.32. The van der Waals surface area contributed by atoms with Gasteiger partial charge in [0, 0.05) is 31.1 Å². The van der Waals surface area contributed by atoms with Crippen molar-refractivity contribution in [3.63, 3.8) is 0 Å². The number of benzene rings is 1. The molecule has 0 bridgehead atoms. The van der Waals surface area contributed by atoms with Crippen molar-refractivity contribution in [2.45, 2.75) is 18.9 Å². The lowest BCUT2D eigenvalue weighted by atomic mass is 10.1. The summed E-state index contributed by atoms with van der Waals surface area (Å²) in [4.78, 5) is 9.40. The van der Waals surface area contributed by atoms with E-state index in [1.807, 2.05) is 12.1 Å². The van der Waals surface area contributed by atoms with Gasteiger partial charge in [-0.25, -0.2) is 4.98 Å². The van der Waals surface area contributed by atoms with Crippen molar-refractivity contribution in [3.05, 3.63) is 42.3 Å². The molecule has 0 radical (unpaired) electrons. The van der Waals surface area contributed by atoms with Gasteiger partial charge in [0.05, 0.1) is 17.4 Å². The Balaban J connectivity index is 1.64. The number of H-pyrrole nitrogens is 1. The topological polar surface area (TPSA) is 61.4 Å². The van der Waals surface area contributed by atoms with E-state index >= 15 is 0 Å². The van der Waals surface area contributed by atoms with E-state index in [4.69, 9.17) is 4.74 Å². The number of hydrogen-bond acceptors (Lipinski definition) is 4. The zero-order valence-corrected chi connectivity index (χ0v) is 14.0. The predicted molar refractivity (Wildman–Crippen MR) is 95.4 cm³/mol. The third-order valence-corrected chi connectivity index (χ3v) is 4.76.